The highest BCUT2D eigenvalue weighted by Crippen LogP contribution is 2.31. The topological polar surface area (TPSA) is 73.3 Å². The minimum atomic E-state index is -0.371. The molecule has 1 heterocycles. The number of amides is 1. The second kappa shape index (κ2) is 9.43. The first-order valence-electron chi connectivity index (χ1n) is 9.11. The minimum Gasteiger partial charge on any atom is -0.497 e. The van der Waals surface area contributed by atoms with Crippen molar-refractivity contribution in [1.82, 2.24) is 9.97 Å². The minimum absolute atomic E-state index is 0.154. The molecule has 0 bridgehead atoms. The number of aromatic nitrogens is 2. The average Bonchev–Trinajstić information content (AvgIpc) is 2.73. The SMILES string of the molecule is COc1ccc(OC)c(NC(=O)C(C)Sc2cc(-c3ccccc3)nc(C)n2)c1. The van der Waals surface area contributed by atoms with Crippen LogP contribution in [0.1, 0.15) is 12.7 Å². The molecule has 0 spiro atoms. The van der Waals surface area contributed by atoms with Gasteiger partial charge in [-0.3, -0.25) is 4.79 Å². The van der Waals surface area contributed by atoms with Crippen molar-refractivity contribution in [3.05, 3.63) is 60.4 Å². The number of hydrogen-bond donors (Lipinski definition) is 1. The van der Waals surface area contributed by atoms with E-state index in [1.807, 2.05) is 50.2 Å². The fourth-order valence-electron chi connectivity index (χ4n) is 2.74. The van der Waals surface area contributed by atoms with Crippen LogP contribution in [0.2, 0.25) is 0 Å². The molecule has 0 saturated heterocycles. The van der Waals surface area contributed by atoms with Gasteiger partial charge in [0.25, 0.3) is 0 Å². The molecule has 0 saturated carbocycles. The predicted octanol–water partition coefficient (Wildman–Crippen LogP) is 4.59. The summed E-state index contributed by atoms with van der Waals surface area (Å²) in [5.74, 6) is 1.72. The molecule has 1 aromatic heterocycles. The lowest BCUT2D eigenvalue weighted by atomic mass is 10.1. The van der Waals surface area contributed by atoms with E-state index in [4.69, 9.17) is 9.47 Å². The first-order valence-corrected chi connectivity index (χ1v) is 9.98. The third-order valence-corrected chi connectivity index (χ3v) is 5.23. The van der Waals surface area contributed by atoms with E-state index in [0.717, 1.165) is 16.3 Å². The fourth-order valence-corrected chi connectivity index (χ4v) is 3.63. The van der Waals surface area contributed by atoms with Crippen LogP contribution in [0.25, 0.3) is 11.3 Å². The van der Waals surface area contributed by atoms with Crippen molar-refractivity contribution >= 4 is 23.4 Å². The van der Waals surface area contributed by atoms with E-state index in [9.17, 15) is 4.79 Å². The van der Waals surface area contributed by atoms with Gasteiger partial charge in [0, 0.05) is 11.6 Å². The smallest absolute Gasteiger partial charge is 0.237 e. The van der Waals surface area contributed by atoms with Crippen LogP contribution in [0, 0.1) is 6.92 Å². The predicted molar refractivity (Wildman–Crippen MR) is 116 cm³/mol. The van der Waals surface area contributed by atoms with Crippen molar-refractivity contribution in [3.63, 3.8) is 0 Å². The number of methoxy groups -OCH3 is 2. The van der Waals surface area contributed by atoms with Gasteiger partial charge in [0.2, 0.25) is 5.91 Å². The van der Waals surface area contributed by atoms with E-state index in [1.165, 1.54) is 11.8 Å². The van der Waals surface area contributed by atoms with Gasteiger partial charge in [0.15, 0.2) is 0 Å². The monoisotopic (exact) mass is 409 g/mol. The summed E-state index contributed by atoms with van der Waals surface area (Å²) in [6.45, 7) is 3.69. The van der Waals surface area contributed by atoms with Gasteiger partial charge in [-0.05, 0) is 32.0 Å². The Morgan fingerprint density at radius 2 is 1.79 bits per heavy atom. The molecule has 29 heavy (non-hydrogen) atoms. The van der Waals surface area contributed by atoms with Gasteiger partial charge in [-0.2, -0.15) is 0 Å². The average molecular weight is 410 g/mol. The van der Waals surface area contributed by atoms with Gasteiger partial charge in [-0.1, -0.05) is 42.1 Å². The Balaban J connectivity index is 1.76. The van der Waals surface area contributed by atoms with Crippen LogP contribution in [0.4, 0.5) is 5.69 Å². The van der Waals surface area contributed by atoms with E-state index >= 15 is 0 Å². The van der Waals surface area contributed by atoms with Crippen molar-refractivity contribution in [2.24, 2.45) is 0 Å². The number of benzene rings is 2. The van der Waals surface area contributed by atoms with E-state index < -0.39 is 0 Å². The second-order valence-electron chi connectivity index (χ2n) is 6.32. The maximum Gasteiger partial charge on any atom is 0.237 e. The molecule has 1 N–H and O–H groups in total. The molecule has 6 nitrogen and oxygen atoms in total. The normalized spacial score (nSPS) is 11.6. The summed E-state index contributed by atoms with van der Waals surface area (Å²) in [6.07, 6.45) is 0. The number of thioether (sulfide) groups is 1. The van der Waals surface area contributed by atoms with Gasteiger partial charge in [0.1, 0.15) is 22.3 Å². The van der Waals surface area contributed by atoms with Crippen LogP contribution in [0.5, 0.6) is 11.5 Å². The highest BCUT2D eigenvalue weighted by molar-refractivity contribution is 8.00. The Bertz CT molecular complexity index is 996. The quantitative estimate of drug-likeness (QED) is 0.455. The van der Waals surface area contributed by atoms with Crippen LogP contribution in [0.15, 0.2) is 59.6 Å². The van der Waals surface area contributed by atoms with Crippen LogP contribution in [-0.2, 0) is 4.79 Å². The highest BCUT2D eigenvalue weighted by Gasteiger charge is 2.18. The van der Waals surface area contributed by atoms with Crippen molar-refractivity contribution < 1.29 is 14.3 Å². The largest absolute Gasteiger partial charge is 0.497 e. The van der Waals surface area contributed by atoms with Crippen molar-refractivity contribution in [3.8, 4) is 22.8 Å². The number of ether oxygens (including phenoxy) is 2. The van der Waals surface area contributed by atoms with Gasteiger partial charge < -0.3 is 14.8 Å². The molecule has 1 atom stereocenters. The number of carbonyl (C=O) groups is 1. The molecule has 0 aliphatic rings. The third-order valence-electron chi connectivity index (χ3n) is 4.22. The summed E-state index contributed by atoms with van der Waals surface area (Å²) in [4.78, 5) is 21.7. The molecule has 150 valence electrons. The number of rotatable bonds is 7. The maximum atomic E-state index is 12.8. The molecule has 0 radical (unpaired) electrons. The number of nitrogens with zero attached hydrogens (tertiary/aromatic N) is 2. The summed E-state index contributed by atoms with van der Waals surface area (Å²) in [7, 11) is 3.14. The number of anilines is 1. The molecule has 0 fully saturated rings. The first kappa shape index (κ1) is 20.7. The van der Waals surface area contributed by atoms with E-state index in [1.54, 1.807) is 32.4 Å². The summed E-state index contributed by atoms with van der Waals surface area (Å²) in [6, 6.07) is 17.1. The molecule has 1 amide bonds. The molecular formula is C22H23N3O3S. The molecule has 1 unspecified atom stereocenters. The Labute approximate surface area is 174 Å². The number of carbonyl (C=O) groups excluding carboxylic acids is 1. The zero-order chi connectivity index (χ0) is 20.8. The molecule has 3 aromatic rings. The van der Waals surface area contributed by atoms with Crippen LogP contribution in [0.3, 0.4) is 0 Å². The first-order chi connectivity index (χ1) is 14.0. The maximum absolute atomic E-state index is 12.8. The Morgan fingerprint density at radius 3 is 2.48 bits per heavy atom. The number of nitrogens with one attached hydrogen (secondary N) is 1. The number of hydrogen-bond acceptors (Lipinski definition) is 6. The molecule has 0 aliphatic heterocycles. The standard InChI is InChI=1S/C22H23N3O3S/c1-14(22(26)25-19-12-17(27-3)10-11-20(19)28-4)29-21-13-18(23-15(2)24-21)16-8-6-5-7-9-16/h5-14H,1-4H3,(H,25,26). The molecular weight excluding hydrogens is 386 g/mol. The fraction of sp³-hybridized carbons (Fsp3) is 0.227. The zero-order valence-corrected chi connectivity index (χ0v) is 17.6. The van der Waals surface area contributed by atoms with Crippen LogP contribution >= 0.6 is 11.8 Å². The molecule has 7 heteroatoms. The number of aryl methyl sites for hydroxylation is 1. The van der Waals surface area contributed by atoms with E-state index in [2.05, 4.69) is 15.3 Å². The Hall–Kier alpha value is -3.06. The van der Waals surface area contributed by atoms with Crippen molar-refractivity contribution in [1.29, 1.82) is 0 Å². The van der Waals surface area contributed by atoms with Gasteiger partial charge >= 0.3 is 0 Å². The van der Waals surface area contributed by atoms with E-state index in [-0.39, 0.29) is 11.2 Å². The second-order valence-corrected chi connectivity index (χ2v) is 7.68. The molecule has 2 aromatic carbocycles. The van der Waals surface area contributed by atoms with Gasteiger partial charge in [-0.25, -0.2) is 9.97 Å². The van der Waals surface area contributed by atoms with Crippen molar-refractivity contribution in [2.45, 2.75) is 24.1 Å². The molecule has 0 aliphatic carbocycles. The summed E-state index contributed by atoms with van der Waals surface area (Å²) in [5.41, 5.74) is 2.41. The lowest BCUT2D eigenvalue weighted by Gasteiger charge is -2.15. The van der Waals surface area contributed by atoms with Gasteiger partial charge in [-0.15, -0.1) is 0 Å². The van der Waals surface area contributed by atoms with E-state index in [0.29, 0.717) is 23.0 Å². The lowest BCUT2D eigenvalue weighted by Crippen LogP contribution is -2.23. The van der Waals surface area contributed by atoms with Crippen molar-refractivity contribution in [2.75, 3.05) is 19.5 Å². The van der Waals surface area contributed by atoms with Crippen LogP contribution in [-0.4, -0.2) is 35.3 Å². The third kappa shape index (κ3) is 5.26. The van der Waals surface area contributed by atoms with Gasteiger partial charge in [0.05, 0.1) is 30.9 Å². The Kier molecular flexibility index (Phi) is 6.72. The molecule has 3 rings (SSSR count). The zero-order valence-electron chi connectivity index (χ0n) is 16.8. The Morgan fingerprint density at radius 1 is 1.03 bits per heavy atom. The summed E-state index contributed by atoms with van der Waals surface area (Å²) < 4.78 is 10.6. The summed E-state index contributed by atoms with van der Waals surface area (Å²) in [5, 5.41) is 3.28. The lowest BCUT2D eigenvalue weighted by molar-refractivity contribution is -0.115. The highest BCUT2D eigenvalue weighted by atomic mass is 32.2. The summed E-state index contributed by atoms with van der Waals surface area (Å²) >= 11 is 1.38. The van der Waals surface area contributed by atoms with Crippen LogP contribution < -0.4 is 14.8 Å².